The molecule has 0 saturated carbocycles. The van der Waals surface area contributed by atoms with Crippen LogP contribution in [0.1, 0.15) is 89.9 Å². The lowest BCUT2D eigenvalue weighted by Crippen LogP contribution is -2.16. The Bertz CT molecular complexity index is 366. The van der Waals surface area contributed by atoms with Crippen LogP contribution in [0.4, 0.5) is 8.78 Å². The van der Waals surface area contributed by atoms with E-state index in [0.717, 1.165) is 19.3 Å². The maximum atomic E-state index is 13.4. The van der Waals surface area contributed by atoms with Gasteiger partial charge in [0.25, 0.3) is 0 Å². The van der Waals surface area contributed by atoms with Gasteiger partial charge in [0.1, 0.15) is 0 Å². The first-order valence-corrected chi connectivity index (χ1v) is 12.8. The van der Waals surface area contributed by atoms with Crippen LogP contribution in [0.5, 0.6) is 0 Å². The number of hydrogen-bond donors (Lipinski definition) is 1. The van der Waals surface area contributed by atoms with Crippen molar-refractivity contribution in [3.05, 3.63) is 0 Å². The van der Waals surface area contributed by atoms with E-state index in [-0.39, 0.29) is 25.9 Å². The van der Waals surface area contributed by atoms with E-state index in [1.165, 1.54) is 44.9 Å². The molecule has 0 amide bonds. The smallest absolute Gasteiger partial charge is 0.248 e. The summed E-state index contributed by atoms with van der Waals surface area (Å²) in [6.07, 6.45) is 19.0. The van der Waals surface area contributed by atoms with Crippen molar-refractivity contribution in [3.8, 4) is 11.2 Å². The highest BCUT2D eigenvalue weighted by Gasteiger charge is 2.26. The summed E-state index contributed by atoms with van der Waals surface area (Å²) < 4.78 is 26.8. The molecule has 0 aromatic carbocycles. The first kappa shape index (κ1) is 24.7. The Kier molecular flexibility index (Phi) is 14.7. The van der Waals surface area contributed by atoms with Crippen molar-refractivity contribution in [3.63, 3.8) is 0 Å². The van der Waals surface area contributed by atoms with Crippen molar-refractivity contribution in [2.75, 3.05) is 25.4 Å². The molecule has 0 aliphatic heterocycles. The van der Waals surface area contributed by atoms with Crippen LogP contribution in [-0.4, -0.2) is 36.4 Å². The molecule has 0 aliphatic carbocycles. The van der Waals surface area contributed by atoms with E-state index in [0.29, 0.717) is 6.42 Å². The molecule has 0 aromatic heterocycles. The molecule has 0 unspecified atom stereocenters. The van der Waals surface area contributed by atoms with Crippen LogP contribution in [-0.2, 0) is 0 Å². The number of alkyl halides is 2. The van der Waals surface area contributed by atoms with Crippen LogP contribution in [0.15, 0.2) is 0 Å². The average Bonchev–Trinajstić information content (AvgIpc) is 2.52. The van der Waals surface area contributed by atoms with E-state index >= 15 is 0 Å². The maximum Gasteiger partial charge on any atom is 0.248 e. The first-order valence-electron chi connectivity index (χ1n) is 9.93. The number of halogens is 2. The van der Waals surface area contributed by atoms with Crippen LogP contribution >= 0.6 is 10.0 Å². The van der Waals surface area contributed by atoms with Gasteiger partial charge in [0.15, 0.2) is 0 Å². The van der Waals surface area contributed by atoms with Crippen LogP contribution in [0, 0.1) is 11.2 Å². The van der Waals surface area contributed by atoms with E-state index in [1.807, 2.05) is 0 Å². The molecular formula is C21H40F2OS. The van der Waals surface area contributed by atoms with Crippen LogP contribution < -0.4 is 0 Å². The molecule has 150 valence electrons. The highest BCUT2D eigenvalue weighted by Crippen LogP contribution is 2.32. The summed E-state index contributed by atoms with van der Waals surface area (Å²) in [5.74, 6) is 0.717. The summed E-state index contributed by atoms with van der Waals surface area (Å²) >= 11 is 0. The largest absolute Gasteiger partial charge is 0.396 e. The van der Waals surface area contributed by atoms with Gasteiger partial charge in [0.2, 0.25) is 5.92 Å². The maximum absolute atomic E-state index is 13.4. The SMILES string of the molecule is CS(C)(C)C#CCCCCCCCCCCCCC(F)(F)CCCO. The Morgan fingerprint density at radius 3 is 1.64 bits per heavy atom. The van der Waals surface area contributed by atoms with Gasteiger partial charge in [-0.2, -0.15) is 10.0 Å². The van der Waals surface area contributed by atoms with Gasteiger partial charge < -0.3 is 5.11 Å². The molecule has 0 radical (unpaired) electrons. The molecule has 1 nitrogen and oxygen atoms in total. The second-order valence-corrected chi connectivity index (χ2v) is 11.7. The Labute approximate surface area is 156 Å². The van der Waals surface area contributed by atoms with Crippen molar-refractivity contribution in [1.82, 2.24) is 0 Å². The van der Waals surface area contributed by atoms with Gasteiger partial charge in [-0.05, 0) is 38.0 Å². The van der Waals surface area contributed by atoms with E-state index in [1.54, 1.807) is 0 Å². The van der Waals surface area contributed by atoms with Crippen LogP contribution in [0.2, 0.25) is 0 Å². The molecule has 25 heavy (non-hydrogen) atoms. The minimum atomic E-state index is -2.58. The fourth-order valence-corrected chi connectivity index (χ4v) is 3.28. The van der Waals surface area contributed by atoms with Crippen molar-refractivity contribution < 1.29 is 13.9 Å². The average molecular weight is 379 g/mol. The standard InChI is InChI=1S/C21H40F2OS/c1-25(2,3)20-15-13-11-9-7-5-4-6-8-10-12-14-17-21(22,23)18-16-19-24/h24H,4-14,16-19H2,1-3H3. The number of unbranched alkanes of at least 4 members (excludes halogenated alkanes) is 10. The molecule has 0 spiro atoms. The van der Waals surface area contributed by atoms with Crippen molar-refractivity contribution in [1.29, 1.82) is 0 Å². The molecule has 0 heterocycles. The summed E-state index contributed by atoms with van der Waals surface area (Å²) in [7, 11) is -0.664. The second kappa shape index (κ2) is 14.9. The van der Waals surface area contributed by atoms with Crippen molar-refractivity contribution in [2.45, 2.75) is 95.8 Å². The molecule has 0 bridgehead atoms. The zero-order valence-corrected chi connectivity index (χ0v) is 17.5. The number of aliphatic hydroxyl groups excluding tert-OH is 1. The van der Waals surface area contributed by atoms with E-state index in [9.17, 15) is 8.78 Å². The van der Waals surface area contributed by atoms with Gasteiger partial charge in [-0.15, -0.1) is 0 Å². The minimum absolute atomic E-state index is 0.0212. The third kappa shape index (κ3) is 19.9. The highest BCUT2D eigenvalue weighted by molar-refractivity contribution is 8.35. The lowest BCUT2D eigenvalue weighted by molar-refractivity contribution is -0.0234. The molecule has 0 atom stereocenters. The van der Waals surface area contributed by atoms with Crippen LogP contribution in [0.25, 0.3) is 0 Å². The molecule has 0 aliphatic rings. The molecule has 1 N–H and O–H groups in total. The normalized spacial score (nSPS) is 12.7. The fraction of sp³-hybridized carbons (Fsp3) is 0.905. The monoisotopic (exact) mass is 378 g/mol. The Morgan fingerprint density at radius 2 is 1.16 bits per heavy atom. The molecule has 0 fully saturated rings. The summed E-state index contributed by atoms with van der Waals surface area (Å²) in [6.45, 7) is -0.138. The quantitative estimate of drug-likeness (QED) is 0.247. The van der Waals surface area contributed by atoms with Gasteiger partial charge >= 0.3 is 0 Å². The van der Waals surface area contributed by atoms with Crippen molar-refractivity contribution in [2.24, 2.45) is 0 Å². The zero-order valence-electron chi connectivity index (χ0n) is 16.7. The second-order valence-electron chi connectivity index (χ2n) is 7.83. The van der Waals surface area contributed by atoms with Gasteiger partial charge in [0.05, 0.1) is 0 Å². The first-order chi connectivity index (χ1) is 11.8. The summed E-state index contributed by atoms with van der Waals surface area (Å²) in [5.41, 5.74) is 0. The number of aliphatic hydroxyl groups is 1. The molecule has 4 heteroatoms. The zero-order chi connectivity index (χ0) is 19.0. The Hall–Kier alpha value is -0.270. The predicted molar refractivity (Wildman–Crippen MR) is 110 cm³/mol. The third-order valence-corrected chi connectivity index (χ3v) is 4.93. The topological polar surface area (TPSA) is 20.2 Å². The fourth-order valence-electron chi connectivity index (χ4n) is 2.74. The Morgan fingerprint density at radius 1 is 0.720 bits per heavy atom. The van der Waals surface area contributed by atoms with Gasteiger partial charge in [-0.3, -0.25) is 0 Å². The molecule has 0 saturated heterocycles. The number of hydrogen-bond acceptors (Lipinski definition) is 1. The van der Waals surface area contributed by atoms with E-state index in [4.69, 9.17) is 5.11 Å². The highest BCUT2D eigenvalue weighted by atomic mass is 32.3. The summed E-state index contributed by atoms with van der Waals surface area (Å²) in [5, 5.41) is 12.0. The van der Waals surface area contributed by atoms with Gasteiger partial charge in [-0.1, -0.05) is 62.5 Å². The number of rotatable bonds is 15. The molecular weight excluding hydrogens is 338 g/mol. The summed E-state index contributed by atoms with van der Waals surface area (Å²) in [4.78, 5) is 0. The Balaban J connectivity index is 3.30. The lowest BCUT2D eigenvalue weighted by Gasteiger charge is -2.15. The lowest BCUT2D eigenvalue weighted by atomic mass is 10.0. The van der Waals surface area contributed by atoms with Gasteiger partial charge in [0, 0.05) is 25.9 Å². The predicted octanol–water partition coefficient (Wildman–Crippen LogP) is 6.73. The van der Waals surface area contributed by atoms with E-state index in [2.05, 4.69) is 29.9 Å². The van der Waals surface area contributed by atoms with Crippen LogP contribution in [0.3, 0.4) is 0 Å². The van der Waals surface area contributed by atoms with E-state index < -0.39 is 16.0 Å². The summed E-state index contributed by atoms with van der Waals surface area (Å²) in [6, 6.07) is 0. The molecule has 0 aromatic rings. The molecule has 0 rings (SSSR count). The van der Waals surface area contributed by atoms with Crippen molar-refractivity contribution >= 4 is 10.0 Å². The third-order valence-electron chi connectivity index (χ3n) is 4.17. The van der Waals surface area contributed by atoms with Gasteiger partial charge in [-0.25, -0.2) is 8.78 Å². The minimum Gasteiger partial charge on any atom is -0.396 e.